The van der Waals surface area contributed by atoms with E-state index in [1.807, 2.05) is 13.8 Å². The van der Waals surface area contributed by atoms with Crippen molar-refractivity contribution in [1.29, 1.82) is 0 Å². The van der Waals surface area contributed by atoms with Crippen LogP contribution in [0.2, 0.25) is 0 Å². The monoisotopic (exact) mass is 265 g/mol. The summed E-state index contributed by atoms with van der Waals surface area (Å²) in [5.41, 5.74) is 6.96. The number of aromatic amines is 1. The maximum atomic E-state index is 12.4. The molecule has 0 radical (unpaired) electrons. The molecule has 0 spiro atoms. The summed E-state index contributed by atoms with van der Waals surface area (Å²) in [6.45, 7) is 5.67. The number of anilines is 1. The maximum Gasteiger partial charge on any atom is 0.238 e. The Kier molecular flexibility index (Phi) is 3.21. The lowest BCUT2D eigenvalue weighted by Gasteiger charge is -2.43. The van der Waals surface area contributed by atoms with E-state index < -0.39 is 5.41 Å². The van der Waals surface area contributed by atoms with Gasteiger partial charge in [0.25, 0.3) is 0 Å². The number of oxime groups is 1. The van der Waals surface area contributed by atoms with Gasteiger partial charge >= 0.3 is 0 Å². The molecule has 0 aliphatic heterocycles. The van der Waals surface area contributed by atoms with Crippen molar-refractivity contribution in [2.24, 2.45) is 22.2 Å². The average molecular weight is 265 g/mol. The van der Waals surface area contributed by atoms with Crippen LogP contribution in [0.3, 0.4) is 0 Å². The summed E-state index contributed by atoms with van der Waals surface area (Å²) in [5, 5.41) is 21.6. The molecule has 0 unspecified atom stereocenters. The molecule has 1 saturated carbocycles. The highest BCUT2D eigenvalue weighted by molar-refractivity contribution is 6.13. The van der Waals surface area contributed by atoms with E-state index in [-0.39, 0.29) is 11.7 Å². The summed E-state index contributed by atoms with van der Waals surface area (Å²) in [6, 6.07) is 0. The Bertz CT molecular complexity index is 509. The number of nitrogens with one attached hydrogen (secondary N) is 2. The minimum absolute atomic E-state index is 0.0260. The second-order valence-electron chi connectivity index (χ2n) is 5.34. The number of amidine groups is 1. The van der Waals surface area contributed by atoms with Gasteiger partial charge in [-0.05, 0) is 32.6 Å². The van der Waals surface area contributed by atoms with Gasteiger partial charge in [-0.1, -0.05) is 12.1 Å². The van der Waals surface area contributed by atoms with E-state index in [0.717, 1.165) is 5.69 Å². The predicted octanol–water partition coefficient (Wildman–Crippen LogP) is 1.13. The summed E-state index contributed by atoms with van der Waals surface area (Å²) in [5.74, 6) is 0.119. The Morgan fingerprint density at radius 3 is 2.63 bits per heavy atom. The molecule has 1 fully saturated rings. The molecular weight excluding hydrogens is 246 g/mol. The molecule has 1 aliphatic rings. The topological polar surface area (TPSA) is 116 Å². The molecule has 5 N–H and O–H groups in total. The number of carbonyl (C=O) groups is 1. The predicted molar refractivity (Wildman–Crippen MR) is 70.9 cm³/mol. The molecule has 0 aromatic carbocycles. The second-order valence-corrected chi connectivity index (χ2v) is 5.34. The molecule has 0 saturated heterocycles. The fourth-order valence-electron chi connectivity index (χ4n) is 2.70. The van der Waals surface area contributed by atoms with Crippen molar-refractivity contribution in [3.8, 4) is 0 Å². The number of nitrogens with two attached hydrogens (primary N) is 1. The van der Waals surface area contributed by atoms with Crippen LogP contribution in [-0.2, 0) is 4.79 Å². The number of hydrogen-bond donors (Lipinski definition) is 4. The third kappa shape index (κ3) is 2.05. The minimum atomic E-state index is -0.898. The Balaban J connectivity index is 2.23. The van der Waals surface area contributed by atoms with Crippen LogP contribution in [0.4, 0.5) is 5.69 Å². The van der Waals surface area contributed by atoms with E-state index in [0.29, 0.717) is 30.1 Å². The van der Waals surface area contributed by atoms with E-state index >= 15 is 0 Å². The second kappa shape index (κ2) is 4.56. The molecule has 1 heterocycles. The molecule has 0 atom stereocenters. The van der Waals surface area contributed by atoms with Gasteiger partial charge in [0.2, 0.25) is 5.91 Å². The summed E-state index contributed by atoms with van der Waals surface area (Å²) in [6.07, 6.45) is 1.18. The third-order valence-electron chi connectivity index (χ3n) is 3.79. The molecule has 1 aromatic rings. The highest BCUT2D eigenvalue weighted by Gasteiger charge is 2.52. The lowest BCUT2D eigenvalue weighted by Crippen LogP contribution is -2.54. The Hall–Kier alpha value is -2.05. The van der Waals surface area contributed by atoms with Crippen molar-refractivity contribution in [1.82, 2.24) is 10.2 Å². The number of amides is 1. The molecule has 104 valence electrons. The summed E-state index contributed by atoms with van der Waals surface area (Å²) < 4.78 is 0. The third-order valence-corrected chi connectivity index (χ3v) is 3.79. The first-order valence-electron chi connectivity index (χ1n) is 6.21. The highest BCUT2D eigenvalue weighted by Crippen LogP contribution is 2.46. The number of carbonyl (C=O) groups excluding carboxylic acids is 1. The molecule has 19 heavy (non-hydrogen) atoms. The van der Waals surface area contributed by atoms with Crippen molar-refractivity contribution in [2.75, 3.05) is 5.32 Å². The van der Waals surface area contributed by atoms with E-state index in [9.17, 15) is 4.79 Å². The van der Waals surface area contributed by atoms with Crippen LogP contribution in [0, 0.1) is 25.2 Å². The number of H-pyrrole nitrogens is 1. The van der Waals surface area contributed by atoms with Crippen molar-refractivity contribution in [3.63, 3.8) is 0 Å². The Labute approximate surface area is 111 Å². The summed E-state index contributed by atoms with van der Waals surface area (Å²) >= 11 is 0. The van der Waals surface area contributed by atoms with Crippen LogP contribution in [-0.4, -0.2) is 27.1 Å². The van der Waals surface area contributed by atoms with Gasteiger partial charge in [-0.15, -0.1) is 0 Å². The summed E-state index contributed by atoms with van der Waals surface area (Å²) in [4.78, 5) is 12.4. The molecule has 2 rings (SSSR count). The van der Waals surface area contributed by atoms with Gasteiger partial charge in [-0.2, -0.15) is 5.10 Å². The van der Waals surface area contributed by atoms with Crippen molar-refractivity contribution in [2.45, 2.75) is 33.6 Å². The van der Waals surface area contributed by atoms with E-state index in [1.165, 1.54) is 0 Å². The average Bonchev–Trinajstić information content (AvgIpc) is 2.65. The first-order chi connectivity index (χ1) is 8.90. The standard InChI is InChI=1S/C12H19N5O2/c1-6-4-12(5-6,10(13)17-19)11(18)14-9-7(2)15-16-8(9)3/h6,19H,4-5H2,1-3H3,(H2,13,17)(H,14,18)(H,15,16). The molecule has 1 aromatic heterocycles. The number of hydrogen-bond acceptors (Lipinski definition) is 4. The Morgan fingerprint density at radius 2 is 2.21 bits per heavy atom. The molecule has 7 nitrogen and oxygen atoms in total. The smallest absolute Gasteiger partial charge is 0.238 e. The normalized spacial score (nSPS) is 26.9. The van der Waals surface area contributed by atoms with Gasteiger partial charge < -0.3 is 16.3 Å². The lowest BCUT2D eigenvalue weighted by atomic mass is 9.61. The number of aromatic nitrogens is 2. The Morgan fingerprint density at radius 1 is 1.58 bits per heavy atom. The van der Waals surface area contributed by atoms with E-state index in [1.54, 1.807) is 6.92 Å². The molecule has 7 heteroatoms. The fraction of sp³-hybridized carbons (Fsp3) is 0.583. The lowest BCUT2D eigenvalue weighted by molar-refractivity contribution is -0.127. The summed E-state index contributed by atoms with van der Waals surface area (Å²) in [7, 11) is 0. The van der Waals surface area contributed by atoms with Crippen LogP contribution in [0.1, 0.15) is 31.2 Å². The van der Waals surface area contributed by atoms with Gasteiger partial charge in [-0.25, -0.2) is 0 Å². The molecular formula is C12H19N5O2. The largest absolute Gasteiger partial charge is 0.409 e. The number of nitrogens with zero attached hydrogens (tertiary/aromatic N) is 2. The first-order valence-corrected chi connectivity index (χ1v) is 6.21. The van der Waals surface area contributed by atoms with Crippen LogP contribution in [0.25, 0.3) is 0 Å². The van der Waals surface area contributed by atoms with Crippen LogP contribution >= 0.6 is 0 Å². The van der Waals surface area contributed by atoms with E-state index in [2.05, 4.69) is 20.7 Å². The highest BCUT2D eigenvalue weighted by atomic mass is 16.4. The first kappa shape index (κ1) is 13.4. The number of aryl methyl sites for hydroxylation is 2. The minimum Gasteiger partial charge on any atom is -0.409 e. The molecule has 1 aliphatic carbocycles. The maximum absolute atomic E-state index is 12.4. The zero-order valence-electron chi connectivity index (χ0n) is 11.3. The van der Waals surface area contributed by atoms with E-state index in [4.69, 9.17) is 10.9 Å². The van der Waals surface area contributed by atoms with Crippen molar-refractivity contribution in [3.05, 3.63) is 11.4 Å². The number of rotatable bonds is 3. The molecule has 0 bridgehead atoms. The molecule has 1 amide bonds. The SMILES string of the molecule is Cc1n[nH]c(C)c1NC(=O)C1(C(N)=NO)CC(C)C1. The van der Waals surface area contributed by atoms with Gasteiger partial charge in [-0.3, -0.25) is 9.89 Å². The van der Waals surface area contributed by atoms with Crippen molar-refractivity contribution >= 4 is 17.4 Å². The zero-order chi connectivity index (χ0) is 14.2. The van der Waals surface area contributed by atoms with Gasteiger partial charge in [0.1, 0.15) is 5.41 Å². The fourth-order valence-corrected chi connectivity index (χ4v) is 2.70. The van der Waals surface area contributed by atoms with Gasteiger partial charge in [0.05, 0.1) is 17.1 Å². The van der Waals surface area contributed by atoms with Crippen LogP contribution in [0.5, 0.6) is 0 Å². The van der Waals surface area contributed by atoms with Gasteiger partial charge in [0.15, 0.2) is 5.84 Å². The quantitative estimate of drug-likeness (QED) is 0.283. The van der Waals surface area contributed by atoms with Gasteiger partial charge in [0, 0.05) is 0 Å². The van der Waals surface area contributed by atoms with Crippen LogP contribution in [0.15, 0.2) is 5.16 Å². The van der Waals surface area contributed by atoms with Crippen LogP contribution < -0.4 is 11.1 Å². The zero-order valence-corrected chi connectivity index (χ0v) is 11.3. The van der Waals surface area contributed by atoms with Crippen molar-refractivity contribution < 1.29 is 10.0 Å².